The van der Waals surface area contributed by atoms with Crippen molar-refractivity contribution < 1.29 is 4.79 Å². The number of Topliss-reactive ketones (excluding diaryl/α,β-unsaturated/α-hetero) is 1. The maximum atomic E-state index is 12.4. The summed E-state index contributed by atoms with van der Waals surface area (Å²) in [6.07, 6.45) is 24.0. The average Bonchev–Trinajstić information content (AvgIpc) is 3.26. The Labute approximate surface area is 229 Å². The molecule has 0 radical (unpaired) electrons. The normalized spacial score (nSPS) is 18.7. The summed E-state index contributed by atoms with van der Waals surface area (Å²) >= 11 is 1.36. The first kappa shape index (κ1) is 29.6. The van der Waals surface area contributed by atoms with Gasteiger partial charge in [0.15, 0.2) is 5.78 Å². The zero-order valence-electron chi connectivity index (χ0n) is 24.0. The van der Waals surface area contributed by atoms with Crippen molar-refractivity contribution in [1.29, 1.82) is 0 Å². The molecule has 1 aliphatic rings. The minimum absolute atomic E-state index is 0.0890. The Morgan fingerprint density at radius 3 is 2.54 bits per heavy atom. The molecular formula is C33H50N2OS. The molecule has 3 rings (SSSR count). The molecule has 3 unspecified atom stereocenters. The van der Waals surface area contributed by atoms with Gasteiger partial charge in [-0.2, -0.15) is 4.37 Å². The van der Waals surface area contributed by atoms with Gasteiger partial charge in [-0.05, 0) is 98.5 Å². The average molecular weight is 523 g/mol. The van der Waals surface area contributed by atoms with Crippen LogP contribution in [0.4, 0.5) is 0 Å². The van der Waals surface area contributed by atoms with Gasteiger partial charge in [0, 0.05) is 22.8 Å². The van der Waals surface area contributed by atoms with Gasteiger partial charge in [-0.1, -0.05) is 83.1 Å². The lowest BCUT2D eigenvalue weighted by Gasteiger charge is -2.21. The van der Waals surface area contributed by atoms with Crippen LogP contribution in [0.5, 0.6) is 0 Å². The van der Waals surface area contributed by atoms with Gasteiger partial charge < -0.3 is 4.98 Å². The molecule has 0 saturated heterocycles. The second kappa shape index (κ2) is 14.9. The Kier molecular flexibility index (Phi) is 11.9. The quantitative estimate of drug-likeness (QED) is 0.129. The van der Waals surface area contributed by atoms with Crippen LogP contribution in [-0.4, -0.2) is 15.1 Å². The molecule has 1 saturated carbocycles. The SMILES string of the molecule is CC=CC(C)CC=c1[nH]ccc1=C(C)CC(CCCCCCCC(C)C(=O)c1ccsn1)CC1(C)CC1. The van der Waals surface area contributed by atoms with E-state index in [1.165, 1.54) is 79.9 Å². The minimum Gasteiger partial charge on any atom is -0.361 e. The van der Waals surface area contributed by atoms with Crippen LogP contribution >= 0.6 is 11.5 Å². The molecule has 204 valence electrons. The summed E-state index contributed by atoms with van der Waals surface area (Å²) in [5.74, 6) is 1.66. The van der Waals surface area contributed by atoms with Crippen LogP contribution in [0.15, 0.2) is 35.9 Å². The molecule has 37 heavy (non-hydrogen) atoms. The molecular weight excluding hydrogens is 472 g/mol. The van der Waals surface area contributed by atoms with E-state index in [0.717, 1.165) is 25.2 Å². The van der Waals surface area contributed by atoms with E-state index in [4.69, 9.17) is 0 Å². The summed E-state index contributed by atoms with van der Waals surface area (Å²) in [6.45, 7) is 11.3. The second-order valence-corrected chi connectivity index (χ2v) is 12.8. The lowest BCUT2D eigenvalue weighted by molar-refractivity contribution is 0.0918. The van der Waals surface area contributed by atoms with Crippen molar-refractivity contribution in [3.63, 3.8) is 0 Å². The Morgan fingerprint density at radius 2 is 1.86 bits per heavy atom. The van der Waals surface area contributed by atoms with Crippen molar-refractivity contribution in [3.8, 4) is 0 Å². The molecule has 1 fully saturated rings. The Hall–Kier alpha value is -1.94. The highest BCUT2D eigenvalue weighted by Gasteiger charge is 2.38. The van der Waals surface area contributed by atoms with Gasteiger partial charge in [-0.3, -0.25) is 4.79 Å². The number of hydrogen-bond acceptors (Lipinski definition) is 3. The Balaban J connectivity index is 1.46. The van der Waals surface area contributed by atoms with E-state index in [9.17, 15) is 4.79 Å². The number of nitrogens with zero attached hydrogens (tertiary/aromatic N) is 1. The maximum Gasteiger partial charge on any atom is 0.185 e. The first-order chi connectivity index (χ1) is 17.8. The van der Waals surface area contributed by atoms with E-state index in [-0.39, 0.29) is 11.7 Å². The van der Waals surface area contributed by atoms with E-state index >= 15 is 0 Å². The molecule has 1 aliphatic carbocycles. The number of aromatic amines is 1. The van der Waals surface area contributed by atoms with Gasteiger partial charge in [0.05, 0.1) is 0 Å². The first-order valence-electron chi connectivity index (χ1n) is 14.7. The fourth-order valence-corrected chi connectivity index (χ4v) is 6.22. The zero-order chi connectivity index (χ0) is 26.7. The number of allylic oxidation sites excluding steroid dienone is 2. The number of ketones is 1. The van der Waals surface area contributed by atoms with Crippen LogP contribution < -0.4 is 10.6 Å². The number of rotatable bonds is 17. The highest BCUT2D eigenvalue weighted by molar-refractivity contribution is 7.03. The lowest BCUT2D eigenvalue weighted by Crippen LogP contribution is -2.25. The predicted octanol–water partition coefficient (Wildman–Crippen LogP) is 8.47. The predicted molar refractivity (Wildman–Crippen MR) is 160 cm³/mol. The van der Waals surface area contributed by atoms with Crippen LogP contribution in [0.25, 0.3) is 11.6 Å². The number of hydrogen-bond donors (Lipinski definition) is 1. The molecule has 0 amide bonds. The molecule has 0 spiro atoms. The van der Waals surface area contributed by atoms with E-state index in [2.05, 4.69) is 74.5 Å². The summed E-state index contributed by atoms with van der Waals surface area (Å²) in [5, 5.41) is 4.60. The summed E-state index contributed by atoms with van der Waals surface area (Å²) < 4.78 is 4.20. The van der Waals surface area contributed by atoms with Crippen molar-refractivity contribution in [3.05, 3.63) is 52.1 Å². The van der Waals surface area contributed by atoms with E-state index in [1.807, 2.05) is 11.4 Å². The maximum absolute atomic E-state index is 12.4. The third-order valence-electron chi connectivity index (χ3n) is 8.32. The molecule has 4 heteroatoms. The number of unbranched alkanes of at least 4 members (excludes halogenated alkanes) is 4. The standard InChI is InChI=1S/C33H50N2OS/c1-6-12-25(2)15-16-30-29(17-21-34-30)27(4)23-28(24-33(5)19-20-33)14-11-9-7-8-10-13-26(3)32(36)31-18-22-37-35-31/h6,12,16-18,21-22,25-26,28,34H,7-11,13-15,19-20,23-24H2,1-5H3. The van der Waals surface area contributed by atoms with Gasteiger partial charge in [0.2, 0.25) is 0 Å². The van der Waals surface area contributed by atoms with Gasteiger partial charge in [-0.15, -0.1) is 0 Å². The molecule has 3 nitrogen and oxygen atoms in total. The van der Waals surface area contributed by atoms with Crippen LogP contribution in [0.3, 0.4) is 0 Å². The monoisotopic (exact) mass is 522 g/mol. The molecule has 1 N–H and O–H groups in total. The zero-order valence-corrected chi connectivity index (χ0v) is 24.8. The van der Waals surface area contributed by atoms with E-state index in [0.29, 0.717) is 17.0 Å². The van der Waals surface area contributed by atoms with Crippen molar-refractivity contribution in [2.24, 2.45) is 23.2 Å². The summed E-state index contributed by atoms with van der Waals surface area (Å²) in [6, 6.07) is 4.12. The van der Waals surface area contributed by atoms with Crippen LogP contribution in [0.1, 0.15) is 122 Å². The highest BCUT2D eigenvalue weighted by Crippen LogP contribution is 2.51. The van der Waals surface area contributed by atoms with Crippen LogP contribution in [0.2, 0.25) is 0 Å². The van der Waals surface area contributed by atoms with Gasteiger partial charge in [0.25, 0.3) is 0 Å². The lowest BCUT2D eigenvalue weighted by atomic mass is 9.84. The molecule has 2 aromatic heterocycles. The van der Waals surface area contributed by atoms with Gasteiger partial charge >= 0.3 is 0 Å². The Morgan fingerprint density at radius 1 is 1.14 bits per heavy atom. The van der Waals surface area contributed by atoms with Crippen LogP contribution in [0, 0.1) is 23.2 Å². The van der Waals surface area contributed by atoms with Gasteiger partial charge in [-0.25, -0.2) is 0 Å². The highest BCUT2D eigenvalue weighted by atomic mass is 32.1. The molecule has 0 aromatic carbocycles. The fraction of sp³-hybridized carbons (Fsp3) is 0.636. The molecule has 3 atom stereocenters. The summed E-state index contributed by atoms with van der Waals surface area (Å²) in [4.78, 5) is 15.9. The van der Waals surface area contributed by atoms with Crippen molar-refractivity contribution in [2.45, 2.75) is 112 Å². The third kappa shape index (κ3) is 10.0. The smallest absolute Gasteiger partial charge is 0.185 e. The second-order valence-electron chi connectivity index (χ2n) is 12.1. The summed E-state index contributed by atoms with van der Waals surface area (Å²) in [7, 11) is 0. The molecule has 0 bridgehead atoms. The van der Waals surface area contributed by atoms with Gasteiger partial charge in [0.1, 0.15) is 5.69 Å². The van der Waals surface area contributed by atoms with Crippen molar-refractivity contribution in [1.82, 2.24) is 9.36 Å². The molecule has 2 heterocycles. The number of carbonyl (C=O) groups is 1. The third-order valence-corrected chi connectivity index (χ3v) is 8.88. The first-order valence-corrected chi connectivity index (χ1v) is 15.6. The number of aromatic nitrogens is 2. The number of H-pyrrole nitrogens is 1. The molecule has 0 aliphatic heterocycles. The Bertz CT molecular complexity index is 1090. The molecule has 2 aromatic rings. The largest absolute Gasteiger partial charge is 0.361 e. The number of carbonyl (C=O) groups excluding carboxylic acids is 1. The van der Waals surface area contributed by atoms with Crippen LogP contribution in [-0.2, 0) is 0 Å². The fourth-order valence-electron chi connectivity index (χ4n) is 5.70. The number of nitrogens with one attached hydrogen (secondary N) is 1. The topological polar surface area (TPSA) is 45.8 Å². The minimum atomic E-state index is 0.0890. The van der Waals surface area contributed by atoms with Crippen molar-refractivity contribution >= 4 is 29.0 Å². The van der Waals surface area contributed by atoms with Crippen molar-refractivity contribution in [2.75, 3.05) is 0 Å². The summed E-state index contributed by atoms with van der Waals surface area (Å²) in [5.41, 5.74) is 2.78. The van der Waals surface area contributed by atoms with E-state index in [1.54, 1.807) is 5.57 Å². The van der Waals surface area contributed by atoms with E-state index < -0.39 is 0 Å².